The van der Waals surface area contributed by atoms with Gasteiger partial charge < -0.3 is 0 Å². The molecule has 1 heteroatoms. The summed E-state index contributed by atoms with van der Waals surface area (Å²) in [6.07, 6.45) is 5.65. The molecule has 1 fully saturated rings. The van der Waals surface area contributed by atoms with Gasteiger partial charge in [-0.1, -0.05) is 38.0 Å². The maximum Gasteiger partial charge on any atom is 0.0123 e. The van der Waals surface area contributed by atoms with Crippen LogP contribution in [0.1, 0.15) is 32.6 Å². The van der Waals surface area contributed by atoms with Gasteiger partial charge in [0.1, 0.15) is 0 Å². The Morgan fingerprint density at radius 3 is 2.71 bits per heavy atom. The zero-order chi connectivity index (χ0) is 9.80. The molecule has 1 aliphatic rings. The summed E-state index contributed by atoms with van der Waals surface area (Å²) >= 11 is 2.08. The van der Waals surface area contributed by atoms with Crippen molar-refractivity contribution in [2.45, 2.75) is 42.8 Å². The average molecular weight is 206 g/mol. The lowest BCUT2D eigenvalue weighted by Crippen LogP contribution is -2.08. The zero-order valence-electron chi connectivity index (χ0n) is 8.78. The monoisotopic (exact) mass is 206 g/mol. The van der Waals surface area contributed by atoms with Crippen molar-refractivity contribution in [3.63, 3.8) is 0 Å². The molecular weight excluding hydrogens is 188 g/mol. The molecule has 1 aromatic rings. The Bertz CT molecular complexity index is 268. The molecule has 2 atom stereocenters. The third-order valence-electron chi connectivity index (χ3n) is 3.14. The lowest BCUT2D eigenvalue weighted by atomic mass is 10.1. The fraction of sp³-hybridized carbons (Fsp3) is 0.538. The molecule has 0 nitrogen and oxygen atoms in total. The minimum absolute atomic E-state index is 0.877. The molecule has 0 aliphatic heterocycles. The molecule has 0 saturated heterocycles. The minimum Gasteiger partial charge on any atom is -0.122 e. The summed E-state index contributed by atoms with van der Waals surface area (Å²) in [7, 11) is 0. The van der Waals surface area contributed by atoms with Crippen molar-refractivity contribution in [3.8, 4) is 0 Å². The van der Waals surface area contributed by atoms with E-state index in [1.165, 1.54) is 30.6 Å². The fourth-order valence-electron chi connectivity index (χ4n) is 2.30. The Labute approximate surface area is 91.1 Å². The summed E-state index contributed by atoms with van der Waals surface area (Å²) in [4.78, 5) is 1.44. The van der Waals surface area contributed by atoms with E-state index in [9.17, 15) is 0 Å². The molecule has 0 heterocycles. The van der Waals surface area contributed by atoms with Gasteiger partial charge in [-0.05, 0) is 30.9 Å². The van der Waals surface area contributed by atoms with Gasteiger partial charge in [0.05, 0.1) is 0 Å². The maximum atomic E-state index is 2.33. The molecule has 0 amide bonds. The van der Waals surface area contributed by atoms with E-state index in [0.29, 0.717) is 0 Å². The maximum absolute atomic E-state index is 2.33. The highest BCUT2D eigenvalue weighted by molar-refractivity contribution is 8.00. The van der Waals surface area contributed by atoms with Crippen molar-refractivity contribution in [1.29, 1.82) is 0 Å². The Kier molecular flexibility index (Phi) is 3.52. The van der Waals surface area contributed by atoms with Crippen LogP contribution in [0.5, 0.6) is 0 Å². The van der Waals surface area contributed by atoms with Crippen LogP contribution >= 0.6 is 11.8 Å². The van der Waals surface area contributed by atoms with E-state index in [0.717, 1.165) is 11.2 Å². The van der Waals surface area contributed by atoms with Crippen molar-refractivity contribution >= 4 is 11.8 Å². The van der Waals surface area contributed by atoms with Crippen LogP contribution in [0, 0.1) is 5.92 Å². The van der Waals surface area contributed by atoms with Crippen LogP contribution in [-0.2, 0) is 0 Å². The zero-order valence-corrected chi connectivity index (χ0v) is 9.59. The summed E-state index contributed by atoms with van der Waals surface area (Å²) in [6, 6.07) is 10.8. The molecule has 0 unspecified atom stereocenters. The second-order valence-corrected chi connectivity index (χ2v) is 5.38. The number of thioether (sulfide) groups is 1. The van der Waals surface area contributed by atoms with E-state index in [4.69, 9.17) is 0 Å². The van der Waals surface area contributed by atoms with Gasteiger partial charge in [-0.3, -0.25) is 0 Å². The van der Waals surface area contributed by atoms with Gasteiger partial charge in [0.2, 0.25) is 0 Å². The van der Waals surface area contributed by atoms with Crippen LogP contribution in [0.25, 0.3) is 0 Å². The Morgan fingerprint density at radius 2 is 2.00 bits per heavy atom. The van der Waals surface area contributed by atoms with E-state index in [1.807, 2.05) is 0 Å². The van der Waals surface area contributed by atoms with Gasteiger partial charge in [0.25, 0.3) is 0 Å². The summed E-state index contributed by atoms with van der Waals surface area (Å²) in [6.45, 7) is 2.33. The van der Waals surface area contributed by atoms with Gasteiger partial charge in [-0.2, -0.15) is 0 Å². The summed E-state index contributed by atoms with van der Waals surface area (Å²) in [5, 5.41) is 0.877. The number of benzene rings is 1. The van der Waals surface area contributed by atoms with Crippen LogP contribution in [-0.4, -0.2) is 5.25 Å². The van der Waals surface area contributed by atoms with Crippen LogP contribution in [0.15, 0.2) is 35.2 Å². The first-order valence-corrected chi connectivity index (χ1v) is 6.50. The van der Waals surface area contributed by atoms with Crippen LogP contribution < -0.4 is 0 Å². The van der Waals surface area contributed by atoms with E-state index >= 15 is 0 Å². The van der Waals surface area contributed by atoms with Crippen LogP contribution in [0.4, 0.5) is 0 Å². The molecule has 0 aromatic heterocycles. The van der Waals surface area contributed by atoms with E-state index < -0.39 is 0 Å². The second-order valence-electron chi connectivity index (χ2n) is 4.07. The van der Waals surface area contributed by atoms with Gasteiger partial charge in [0, 0.05) is 10.1 Å². The molecular formula is C13H18S. The fourth-order valence-corrected chi connectivity index (χ4v) is 3.77. The third-order valence-corrected chi connectivity index (χ3v) is 4.61. The quantitative estimate of drug-likeness (QED) is 0.708. The molecule has 2 rings (SSSR count). The van der Waals surface area contributed by atoms with Crippen molar-refractivity contribution in [1.82, 2.24) is 0 Å². The number of hydrogen-bond donors (Lipinski definition) is 0. The first-order valence-electron chi connectivity index (χ1n) is 5.62. The van der Waals surface area contributed by atoms with Gasteiger partial charge in [0.15, 0.2) is 0 Å². The molecule has 0 spiro atoms. The van der Waals surface area contributed by atoms with Crippen LogP contribution in [0.3, 0.4) is 0 Å². The third kappa shape index (κ3) is 2.33. The second kappa shape index (κ2) is 4.88. The van der Waals surface area contributed by atoms with Gasteiger partial charge >= 0.3 is 0 Å². The Balaban J connectivity index is 1.97. The lowest BCUT2D eigenvalue weighted by Gasteiger charge is -2.17. The summed E-state index contributed by atoms with van der Waals surface area (Å²) < 4.78 is 0. The Morgan fingerprint density at radius 1 is 1.21 bits per heavy atom. The molecule has 1 aliphatic carbocycles. The highest BCUT2D eigenvalue weighted by atomic mass is 32.2. The number of rotatable bonds is 3. The molecule has 1 saturated carbocycles. The first-order chi connectivity index (χ1) is 6.90. The average Bonchev–Trinajstić information content (AvgIpc) is 2.67. The van der Waals surface area contributed by atoms with E-state index in [1.54, 1.807) is 0 Å². The predicted molar refractivity (Wildman–Crippen MR) is 63.7 cm³/mol. The predicted octanol–water partition coefficient (Wildman–Crippen LogP) is 4.36. The smallest absolute Gasteiger partial charge is 0.0123 e. The molecule has 1 aromatic carbocycles. The molecule has 76 valence electrons. The van der Waals surface area contributed by atoms with Crippen molar-refractivity contribution in [3.05, 3.63) is 30.3 Å². The van der Waals surface area contributed by atoms with Gasteiger partial charge in [-0.25, -0.2) is 0 Å². The van der Waals surface area contributed by atoms with Crippen molar-refractivity contribution in [2.75, 3.05) is 0 Å². The molecule has 0 radical (unpaired) electrons. The molecule has 14 heavy (non-hydrogen) atoms. The van der Waals surface area contributed by atoms with E-state index in [-0.39, 0.29) is 0 Å². The van der Waals surface area contributed by atoms with Crippen molar-refractivity contribution in [2.24, 2.45) is 5.92 Å². The van der Waals surface area contributed by atoms with E-state index in [2.05, 4.69) is 49.0 Å². The first kappa shape index (κ1) is 10.1. The summed E-state index contributed by atoms with van der Waals surface area (Å²) in [5.41, 5.74) is 0. The standard InChI is InChI=1S/C13H18S/c1-2-11-7-6-10-13(11)14-12-8-4-3-5-9-12/h3-5,8-9,11,13H,2,6-7,10H2,1H3/t11-,13+/m0/s1. The summed E-state index contributed by atoms with van der Waals surface area (Å²) in [5.74, 6) is 0.959. The van der Waals surface area contributed by atoms with Crippen LogP contribution in [0.2, 0.25) is 0 Å². The minimum atomic E-state index is 0.877. The number of hydrogen-bond acceptors (Lipinski definition) is 1. The highest BCUT2D eigenvalue weighted by Gasteiger charge is 2.26. The molecule has 0 N–H and O–H groups in total. The Hall–Kier alpha value is -0.430. The molecule has 0 bridgehead atoms. The van der Waals surface area contributed by atoms with Gasteiger partial charge in [-0.15, -0.1) is 11.8 Å². The lowest BCUT2D eigenvalue weighted by molar-refractivity contribution is 0.541. The normalized spacial score (nSPS) is 26.6. The highest BCUT2D eigenvalue weighted by Crippen LogP contribution is 2.40. The SMILES string of the molecule is CC[C@H]1CCC[C@H]1Sc1ccccc1. The topological polar surface area (TPSA) is 0 Å². The largest absolute Gasteiger partial charge is 0.122 e. The van der Waals surface area contributed by atoms with Crippen molar-refractivity contribution < 1.29 is 0 Å².